The highest BCUT2D eigenvalue weighted by atomic mass is 35.5. The number of halogens is 3. The number of carbonyl (C=O) groups is 1. The Morgan fingerprint density at radius 3 is 2.52 bits per heavy atom. The van der Waals surface area contributed by atoms with E-state index in [4.69, 9.17) is 39.5 Å². The first-order chi connectivity index (χ1) is 11.8. The van der Waals surface area contributed by atoms with Crippen molar-refractivity contribution in [3.63, 3.8) is 0 Å². The molecular formula is C16H7Cl3N2O4. The van der Waals surface area contributed by atoms with Crippen molar-refractivity contribution in [2.45, 2.75) is 0 Å². The van der Waals surface area contributed by atoms with Gasteiger partial charge in [0.15, 0.2) is 5.70 Å². The molecule has 0 unspecified atom stereocenters. The molecule has 1 aliphatic heterocycles. The summed E-state index contributed by atoms with van der Waals surface area (Å²) in [7, 11) is 0. The molecule has 1 heterocycles. The van der Waals surface area contributed by atoms with Crippen LogP contribution in [0.25, 0.3) is 6.08 Å². The van der Waals surface area contributed by atoms with Gasteiger partial charge < -0.3 is 4.74 Å². The first-order valence-electron chi connectivity index (χ1n) is 6.77. The fourth-order valence-corrected chi connectivity index (χ4v) is 2.78. The number of benzene rings is 2. The van der Waals surface area contributed by atoms with Gasteiger partial charge in [0.05, 0.1) is 15.5 Å². The fraction of sp³-hybridized carbons (Fsp3) is 0. The van der Waals surface area contributed by atoms with Crippen LogP contribution >= 0.6 is 34.8 Å². The second-order valence-electron chi connectivity index (χ2n) is 4.93. The number of nitrogens with zero attached hydrogens (tertiary/aromatic N) is 2. The van der Waals surface area contributed by atoms with Gasteiger partial charge in [-0.2, -0.15) is 0 Å². The normalized spacial score (nSPS) is 15.2. The van der Waals surface area contributed by atoms with Crippen molar-refractivity contribution >= 4 is 58.4 Å². The quantitative estimate of drug-likeness (QED) is 0.319. The van der Waals surface area contributed by atoms with E-state index >= 15 is 0 Å². The Balaban J connectivity index is 1.99. The van der Waals surface area contributed by atoms with E-state index in [1.54, 1.807) is 12.1 Å². The Hall–Kier alpha value is -2.41. The van der Waals surface area contributed by atoms with Crippen LogP contribution < -0.4 is 0 Å². The average Bonchev–Trinajstić information content (AvgIpc) is 2.89. The number of nitro groups is 1. The number of nitro benzene ring substituents is 1. The van der Waals surface area contributed by atoms with Crippen LogP contribution in [0.15, 0.2) is 47.1 Å². The average molecular weight is 398 g/mol. The molecule has 1 aliphatic rings. The summed E-state index contributed by atoms with van der Waals surface area (Å²) in [6, 6.07) is 8.80. The van der Waals surface area contributed by atoms with Crippen molar-refractivity contribution in [1.29, 1.82) is 0 Å². The molecule has 0 saturated heterocycles. The van der Waals surface area contributed by atoms with Gasteiger partial charge in [-0.05, 0) is 35.9 Å². The third kappa shape index (κ3) is 3.66. The van der Waals surface area contributed by atoms with E-state index in [0.717, 1.165) is 0 Å². The second-order valence-corrected chi connectivity index (χ2v) is 6.18. The van der Waals surface area contributed by atoms with Gasteiger partial charge in [-0.25, -0.2) is 9.79 Å². The van der Waals surface area contributed by atoms with Crippen LogP contribution in [0, 0.1) is 10.1 Å². The molecular weight excluding hydrogens is 391 g/mol. The first-order valence-corrected chi connectivity index (χ1v) is 7.90. The van der Waals surface area contributed by atoms with Crippen LogP contribution in [-0.4, -0.2) is 16.8 Å². The molecule has 0 aliphatic carbocycles. The highest BCUT2D eigenvalue weighted by Gasteiger charge is 2.26. The van der Waals surface area contributed by atoms with Gasteiger partial charge in [0.1, 0.15) is 5.02 Å². The Morgan fingerprint density at radius 1 is 1.08 bits per heavy atom. The first kappa shape index (κ1) is 17.4. The van der Waals surface area contributed by atoms with Crippen molar-refractivity contribution < 1.29 is 14.5 Å². The van der Waals surface area contributed by atoms with Crippen LogP contribution in [-0.2, 0) is 9.53 Å². The van der Waals surface area contributed by atoms with Crippen LogP contribution in [0.1, 0.15) is 11.1 Å². The van der Waals surface area contributed by atoms with Gasteiger partial charge in [0.25, 0.3) is 5.69 Å². The number of esters is 1. The number of rotatable bonds is 3. The predicted molar refractivity (Wildman–Crippen MR) is 95.2 cm³/mol. The lowest BCUT2D eigenvalue weighted by Gasteiger charge is -2.02. The highest BCUT2D eigenvalue weighted by molar-refractivity contribution is 6.37. The van der Waals surface area contributed by atoms with Crippen LogP contribution in [0.4, 0.5) is 5.69 Å². The lowest BCUT2D eigenvalue weighted by Crippen LogP contribution is -2.05. The molecule has 6 nitrogen and oxygen atoms in total. The van der Waals surface area contributed by atoms with E-state index in [9.17, 15) is 14.9 Å². The molecule has 126 valence electrons. The van der Waals surface area contributed by atoms with Crippen LogP contribution in [0.2, 0.25) is 15.1 Å². The second kappa shape index (κ2) is 6.84. The van der Waals surface area contributed by atoms with Crippen molar-refractivity contribution in [3.8, 4) is 0 Å². The lowest BCUT2D eigenvalue weighted by atomic mass is 10.1. The summed E-state index contributed by atoms with van der Waals surface area (Å²) < 4.78 is 5.11. The SMILES string of the molecule is O=C1OC(c2ccc(Cl)cc2Cl)=NC1=Cc1ccc(Cl)c([N+](=O)[O-])c1. The van der Waals surface area contributed by atoms with E-state index < -0.39 is 10.9 Å². The van der Waals surface area contributed by atoms with Crippen LogP contribution in [0.5, 0.6) is 0 Å². The van der Waals surface area contributed by atoms with E-state index in [-0.39, 0.29) is 27.3 Å². The summed E-state index contributed by atoms with van der Waals surface area (Å²) in [5.74, 6) is -0.667. The minimum Gasteiger partial charge on any atom is -0.402 e. The summed E-state index contributed by atoms with van der Waals surface area (Å²) >= 11 is 17.7. The minimum atomic E-state index is -0.696. The van der Waals surface area contributed by atoms with Gasteiger partial charge >= 0.3 is 5.97 Å². The standard InChI is InChI=1S/C16H7Cl3N2O4/c17-9-2-3-10(12(19)7-9)15-20-13(16(22)25-15)5-8-1-4-11(18)14(6-8)21(23)24/h1-7H. The van der Waals surface area contributed by atoms with E-state index in [1.165, 1.54) is 30.3 Å². The number of carbonyl (C=O) groups excluding carboxylic acids is 1. The Morgan fingerprint density at radius 2 is 1.84 bits per heavy atom. The summed E-state index contributed by atoms with van der Waals surface area (Å²) in [6.07, 6.45) is 1.36. The largest absolute Gasteiger partial charge is 0.402 e. The monoisotopic (exact) mass is 396 g/mol. The molecule has 9 heteroatoms. The molecule has 2 aromatic rings. The van der Waals surface area contributed by atoms with E-state index in [1.807, 2.05) is 0 Å². The van der Waals surface area contributed by atoms with E-state index in [2.05, 4.69) is 4.99 Å². The van der Waals surface area contributed by atoms with Gasteiger partial charge in [0, 0.05) is 11.1 Å². The number of hydrogen-bond acceptors (Lipinski definition) is 5. The minimum absolute atomic E-state index is 0.00159. The number of cyclic esters (lactones) is 1. The number of aliphatic imine (C=N–C) groups is 1. The van der Waals surface area contributed by atoms with Crippen LogP contribution in [0.3, 0.4) is 0 Å². The molecule has 0 bridgehead atoms. The molecule has 0 atom stereocenters. The van der Waals surface area contributed by atoms with Gasteiger partial charge in [-0.1, -0.05) is 40.9 Å². The topological polar surface area (TPSA) is 81.8 Å². The maximum absolute atomic E-state index is 12.0. The Kier molecular flexibility index (Phi) is 4.76. The molecule has 3 rings (SSSR count). The zero-order chi connectivity index (χ0) is 18.1. The molecule has 0 saturated carbocycles. The third-order valence-corrected chi connectivity index (χ3v) is 4.12. The summed E-state index contributed by atoms with van der Waals surface area (Å²) in [6.45, 7) is 0. The smallest absolute Gasteiger partial charge is 0.363 e. The molecule has 0 amide bonds. The molecule has 0 aromatic heterocycles. The Bertz CT molecular complexity index is 970. The van der Waals surface area contributed by atoms with Crippen molar-refractivity contribution in [2.24, 2.45) is 4.99 Å². The van der Waals surface area contributed by atoms with Gasteiger partial charge in [-0.3, -0.25) is 10.1 Å². The summed E-state index contributed by atoms with van der Waals surface area (Å²) in [4.78, 5) is 26.4. The predicted octanol–water partition coefficient (Wildman–Crippen LogP) is 4.90. The maximum Gasteiger partial charge on any atom is 0.363 e. The third-order valence-electron chi connectivity index (χ3n) is 3.25. The van der Waals surface area contributed by atoms with Crippen molar-refractivity contribution in [2.75, 3.05) is 0 Å². The molecule has 25 heavy (non-hydrogen) atoms. The summed E-state index contributed by atoms with van der Waals surface area (Å²) in [5.41, 5.74) is 0.505. The summed E-state index contributed by atoms with van der Waals surface area (Å²) in [5, 5.41) is 11.6. The fourth-order valence-electron chi connectivity index (χ4n) is 2.10. The van der Waals surface area contributed by atoms with Gasteiger partial charge in [0.2, 0.25) is 5.90 Å². The zero-order valence-electron chi connectivity index (χ0n) is 12.2. The number of hydrogen-bond donors (Lipinski definition) is 0. The molecule has 0 radical (unpaired) electrons. The molecule has 0 spiro atoms. The maximum atomic E-state index is 12.0. The lowest BCUT2D eigenvalue weighted by molar-refractivity contribution is -0.384. The van der Waals surface area contributed by atoms with E-state index in [0.29, 0.717) is 16.1 Å². The Labute approximate surface area is 156 Å². The van der Waals surface area contributed by atoms with Crippen molar-refractivity contribution in [1.82, 2.24) is 0 Å². The molecule has 2 aromatic carbocycles. The highest BCUT2D eigenvalue weighted by Crippen LogP contribution is 2.29. The molecule has 0 fully saturated rings. The molecule has 0 N–H and O–H groups in total. The van der Waals surface area contributed by atoms with Gasteiger partial charge in [-0.15, -0.1) is 0 Å². The number of ether oxygens (including phenoxy) is 1. The van der Waals surface area contributed by atoms with Crippen molar-refractivity contribution in [3.05, 3.63) is 78.4 Å². The zero-order valence-corrected chi connectivity index (χ0v) is 14.5.